The zero-order chi connectivity index (χ0) is 8.55. The molecule has 0 bridgehead atoms. The number of hydrogen-bond acceptors (Lipinski definition) is 1. The van der Waals surface area contributed by atoms with Crippen LogP contribution in [0.5, 0.6) is 0 Å². The van der Waals surface area contributed by atoms with E-state index in [0.717, 1.165) is 23.8 Å². The molecule has 1 aliphatic carbocycles. The van der Waals surface area contributed by atoms with Gasteiger partial charge in [-0.1, -0.05) is 13.8 Å². The van der Waals surface area contributed by atoms with Crippen LogP contribution in [-0.2, 0) is 0 Å². The molecule has 1 nitrogen and oxygen atoms in total. The van der Waals surface area contributed by atoms with Crippen molar-refractivity contribution in [1.82, 2.24) is 5.32 Å². The molecular weight excluding hydrogens is 146 g/mol. The number of rotatable bonds is 1. The van der Waals surface area contributed by atoms with Gasteiger partial charge in [-0.3, -0.25) is 0 Å². The van der Waals surface area contributed by atoms with E-state index in [-0.39, 0.29) is 0 Å². The minimum absolute atomic E-state index is 0.889. The van der Waals surface area contributed by atoms with Crippen molar-refractivity contribution in [2.75, 3.05) is 6.54 Å². The summed E-state index contributed by atoms with van der Waals surface area (Å²) in [5.41, 5.74) is 0. The van der Waals surface area contributed by atoms with Crippen LogP contribution in [0.3, 0.4) is 0 Å². The van der Waals surface area contributed by atoms with Crippen LogP contribution < -0.4 is 5.32 Å². The molecule has 1 N–H and O–H groups in total. The summed E-state index contributed by atoms with van der Waals surface area (Å²) < 4.78 is 0. The van der Waals surface area contributed by atoms with Gasteiger partial charge in [-0.25, -0.2) is 0 Å². The highest BCUT2D eigenvalue weighted by Gasteiger charge is 2.34. The lowest BCUT2D eigenvalue weighted by atomic mass is 9.74. The number of hydrogen-bond donors (Lipinski definition) is 1. The van der Waals surface area contributed by atoms with E-state index in [1.807, 2.05) is 0 Å². The van der Waals surface area contributed by atoms with Crippen molar-refractivity contribution in [1.29, 1.82) is 0 Å². The molecule has 2 rings (SSSR count). The summed E-state index contributed by atoms with van der Waals surface area (Å²) in [6.07, 6.45) is 5.84. The van der Waals surface area contributed by atoms with Crippen LogP contribution >= 0.6 is 0 Å². The zero-order valence-corrected chi connectivity index (χ0v) is 8.34. The Balaban J connectivity index is 1.92. The van der Waals surface area contributed by atoms with Crippen molar-refractivity contribution in [3.63, 3.8) is 0 Å². The molecule has 0 radical (unpaired) electrons. The summed E-state index contributed by atoms with van der Waals surface area (Å²) in [4.78, 5) is 0. The Kier molecular flexibility index (Phi) is 2.40. The summed E-state index contributed by atoms with van der Waals surface area (Å²) in [6, 6.07) is 0.889. The summed E-state index contributed by atoms with van der Waals surface area (Å²) in [7, 11) is 0. The number of fused-ring (bicyclic) bond motifs is 1. The standard InChI is InChI=1S/C11H21N/c1-8(2)9-3-4-11-10(7-9)5-6-12-11/h8-12H,3-7H2,1-2H3. The molecule has 2 fully saturated rings. The smallest absolute Gasteiger partial charge is 0.00960 e. The van der Waals surface area contributed by atoms with Gasteiger partial charge < -0.3 is 5.32 Å². The van der Waals surface area contributed by atoms with E-state index in [1.165, 1.54) is 32.2 Å². The van der Waals surface area contributed by atoms with E-state index in [2.05, 4.69) is 19.2 Å². The second kappa shape index (κ2) is 3.37. The highest BCUT2D eigenvalue weighted by Crippen LogP contribution is 2.37. The van der Waals surface area contributed by atoms with Gasteiger partial charge in [-0.2, -0.15) is 0 Å². The minimum atomic E-state index is 0.889. The molecule has 3 atom stereocenters. The fourth-order valence-corrected chi connectivity index (χ4v) is 2.95. The first-order chi connectivity index (χ1) is 5.77. The van der Waals surface area contributed by atoms with Gasteiger partial charge in [0.2, 0.25) is 0 Å². The first-order valence-corrected chi connectivity index (χ1v) is 5.50. The Labute approximate surface area is 75.9 Å². The van der Waals surface area contributed by atoms with Gasteiger partial charge in [-0.05, 0) is 50.0 Å². The highest BCUT2D eigenvalue weighted by molar-refractivity contribution is 4.90. The summed E-state index contributed by atoms with van der Waals surface area (Å²) in [5.74, 6) is 2.95. The molecule has 70 valence electrons. The zero-order valence-electron chi connectivity index (χ0n) is 8.34. The predicted molar refractivity (Wildman–Crippen MR) is 52.1 cm³/mol. The van der Waals surface area contributed by atoms with Crippen molar-refractivity contribution in [2.45, 2.75) is 45.6 Å². The van der Waals surface area contributed by atoms with Crippen molar-refractivity contribution in [3.05, 3.63) is 0 Å². The maximum absolute atomic E-state index is 3.62. The van der Waals surface area contributed by atoms with Crippen LogP contribution in [0.2, 0.25) is 0 Å². The van der Waals surface area contributed by atoms with Crippen molar-refractivity contribution >= 4 is 0 Å². The fourth-order valence-electron chi connectivity index (χ4n) is 2.95. The van der Waals surface area contributed by atoms with Crippen LogP contribution in [0, 0.1) is 17.8 Å². The van der Waals surface area contributed by atoms with Gasteiger partial charge in [0, 0.05) is 6.04 Å². The minimum Gasteiger partial charge on any atom is -0.314 e. The maximum Gasteiger partial charge on any atom is 0.00960 e. The molecule has 2 aliphatic rings. The third kappa shape index (κ3) is 1.52. The Morgan fingerprint density at radius 3 is 2.75 bits per heavy atom. The van der Waals surface area contributed by atoms with Gasteiger partial charge >= 0.3 is 0 Å². The SMILES string of the molecule is CC(C)C1CCC2NCCC2C1. The van der Waals surface area contributed by atoms with E-state index < -0.39 is 0 Å². The third-order valence-electron chi connectivity index (χ3n) is 3.89. The molecule has 1 aliphatic heterocycles. The van der Waals surface area contributed by atoms with E-state index in [9.17, 15) is 0 Å². The molecule has 0 amide bonds. The molecular formula is C11H21N. The van der Waals surface area contributed by atoms with Gasteiger partial charge in [0.05, 0.1) is 0 Å². The average molecular weight is 167 g/mol. The lowest BCUT2D eigenvalue weighted by Crippen LogP contribution is -2.34. The second-order valence-electron chi connectivity index (χ2n) is 4.93. The van der Waals surface area contributed by atoms with Crippen LogP contribution in [0.15, 0.2) is 0 Å². The van der Waals surface area contributed by atoms with E-state index in [0.29, 0.717) is 0 Å². The quantitative estimate of drug-likeness (QED) is 0.632. The van der Waals surface area contributed by atoms with Gasteiger partial charge in [0.25, 0.3) is 0 Å². The summed E-state index contributed by atoms with van der Waals surface area (Å²) in [5, 5.41) is 3.62. The summed E-state index contributed by atoms with van der Waals surface area (Å²) >= 11 is 0. The monoisotopic (exact) mass is 167 g/mol. The second-order valence-corrected chi connectivity index (χ2v) is 4.93. The number of nitrogens with one attached hydrogen (secondary N) is 1. The van der Waals surface area contributed by atoms with E-state index >= 15 is 0 Å². The van der Waals surface area contributed by atoms with Gasteiger partial charge in [0.1, 0.15) is 0 Å². The van der Waals surface area contributed by atoms with Gasteiger partial charge in [-0.15, -0.1) is 0 Å². The Morgan fingerprint density at radius 2 is 2.00 bits per heavy atom. The lowest BCUT2D eigenvalue weighted by molar-refractivity contribution is 0.200. The third-order valence-corrected chi connectivity index (χ3v) is 3.89. The normalized spacial score (nSPS) is 41.8. The van der Waals surface area contributed by atoms with Crippen molar-refractivity contribution in [2.24, 2.45) is 17.8 Å². The molecule has 0 aromatic carbocycles. The lowest BCUT2D eigenvalue weighted by Gasteiger charge is -2.33. The van der Waals surface area contributed by atoms with Crippen LogP contribution in [-0.4, -0.2) is 12.6 Å². The maximum atomic E-state index is 3.62. The molecule has 1 saturated carbocycles. The largest absolute Gasteiger partial charge is 0.314 e. The van der Waals surface area contributed by atoms with E-state index in [1.54, 1.807) is 0 Å². The molecule has 1 saturated heterocycles. The van der Waals surface area contributed by atoms with Crippen LogP contribution in [0.25, 0.3) is 0 Å². The first-order valence-electron chi connectivity index (χ1n) is 5.50. The molecule has 0 aromatic rings. The Morgan fingerprint density at radius 1 is 1.17 bits per heavy atom. The van der Waals surface area contributed by atoms with Crippen molar-refractivity contribution < 1.29 is 0 Å². The first kappa shape index (κ1) is 8.55. The summed E-state index contributed by atoms with van der Waals surface area (Å²) in [6.45, 7) is 6.04. The Bertz CT molecular complexity index is 153. The van der Waals surface area contributed by atoms with Crippen molar-refractivity contribution in [3.8, 4) is 0 Å². The molecule has 0 spiro atoms. The Hall–Kier alpha value is -0.0400. The van der Waals surface area contributed by atoms with Gasteiger partial charge in [0.15, 0.2) is 0 Å². The molecule has 1 heteroatoms. The average Bonchev–Trinajstić information content (AvgIpc) is 2.49. The van der Waals surface area contributed by atoms with E-state index in [4.69, 9.17) is 0 Å². The predicted octanol–water partition coefficient (Wildman–Crippen LogP) is 2.42. The van der Waals surface area contributed by atoms with Crippen LogP contribution in [0.4, 0.5) is 0 Å². The molecule has 3 unspecified atom stereocenters. The molecule has 0 aromatic heterocycles. The highest BCUT2D eigenvalue weighted by atomic mass is 15.0. The fraction of sp³-hybridized carbons (Fsp3) is 1.00. The molecule has 1 heterocycles. The topological polar surface area (TPSA) is 12.0 Å². The molecule has 12 heavy (non-hydrogen) atoms. The van der Waals surface area contributed by atoms with Crippen LogP contribution in [0.1, 0.15) is 39.5 Å².